The molecule has 5 nitrogen and oxygen atoms in total. The molecular formula is C63H38N4O. The molecule has 0 N–H and O–H groups in total. The van der Waals surface area contributed by atoms with E-state index in [1.54, 1.807) is 0 Å². The van der Waals surface area contributed by atoms with Gasteiger partial charge >= 0.3 is 0 Å². The standard InChI is InChI=1S/C63H38N4O/c1-3-17-39(18-4-1)41-25-15-26-46(33-41)51-38-54(63-65-61(40-19-5-2-6-20-40)64-62(66-63)50-30-16-32-58-59(50)49-29-13-14-31-57(49)68-58)47-27-11-12-28-48(47)60(51)67-55-36-44-23-9-7-21-42(44)34-52(55)53-35-43-22-8-10-24-45(43)37-56(53)67/h1-38H. The van der Waals surface area contributed by atoms with Crippen LogP contribution in [0.3, 0.4) is 0 Å². The summed E-state index contributed by atoms with van der Waals surface area (Å²) in [5, 5.41) is 11.3. The second kappa shape index (κ2) is 15.2. The molecule has 14 rings (SSSR count). The number of hydrogen-bond acceptors (Lipinski definition) is 4. The Bertz CT molecular complexity index is 4230. The number of nitrogens with zero attached hydrogens (tertiary/aromatic N) is 4. The molecule has 0 atom stereocenters. The zero-order chi connectivity index (χ0) is 44.7. The molecule has 0 aliphatic heterocycles. The molecule has 316 valence electrons. The number of hydrogen-bond donors (Lipinski definition) is 0. The van der Waals surface area contributed by atoms with Crippen LogP contribution >= 0.6 is 0 Å². The summed E-state index contributed by atoms with van der Waals surface area (Å²) in [5.41, 5.74) is 12.1. The highest BCUT2D eigenvalue weighted by molar-refractivity contribution is 6.19. The van der Waals surface area contributed by atoms with Crippen LogP contribution in [0.15, 0.2) is 235 Å². The first-order chi connectivity index (χ1) is 33.7. The van der Waals surface area contributed by atoms with Crippen molar-refractivity contribution in [2.45, 2.75) is 0 Å². The Morgan fingerprint density at radius 3 is 1.49 bits per heavy atom. The van der Waals surface area contributed by atoms with Crippen molar-refractivity contribution in [2.24, 2.45) is 0 Å². The van der Waals surface area contributed by atoms with Crippen LogP contribution in [-0.4, -0.2) is 19.5 Å². The van der Waals surface area contributed by atoms with Gasteiger partial charge in [-0.2, -0.15) is 0 Å². The van der Waals surface area contributed by atoms with E-state index in [1.807, 2.05) is 48.5 Å². The van der Waals surface area contributed by atoms with Crippen molar-refractivity contribution in [3.8, 4) is 62.1 Å². The number of furan rings is 1. The molecule has 0 aliphatic rings. The van der Waals surface area contributed by atoms with Crippen LogP contribution in [-0.2, 0) is 0 Å². The van der Waals surface area contributed by atoms with E-state index in [4.69, 9.17) is 19.4 Å². The van der Waals surface area contributed by atoms with Crippen molar-refractivity contribution in [2.75, 3.05) is 0 Å². The summed E-state index contributed by atoms with van der Waals surface area (Å²) in [6.07, 6.45) is 0. The van der Waals surface area contributed by atoms with Gasteiger partial charge < -0.3 is 8.98 Å². The molecule has 0 unspecified atom stereocenters. The fraction of sp³-hybridized carbons (Fsp3) is 0. The zero-order valence-corrected chi connectivity index (χ0v) is 36.6. The fourth-order valence-electron chi connectivity index (χ4n) is 10.4. The smallest absolute Gasteiger partial charge is 0.164 e. The van der Waals surface area contributed by atoms with Crippen molar-refractivity contribution in [3.63, 3.8) is 0 Å². The van der Waals surface area contributed by atoms with Gasteiger partial charge in [-0.3, -0.25) is 0 Å². The van der Waals surface area contributed by atoms with Gasteiger partial charge in [-0.1, -0.05) is 182 Å². The summed E-state index contributed by atoms with van der Waals surface area (Å²) >= 11 is 0. The molecule has 0 saturated heterocycles. The summed E-state index contributed by atoms with van der Waals surface area (Å²) in [4.78, 5) is 16.1. The van der Waals surface area contributed by atoms with E-state index >= 15 is 0 Å². The average molecular weight is 867 g/mol. The van der Waals surface area contributed by atoms with Crippen LogP contribution < -0.4 is 0 Å². The molecule has 68 heavy (non-hydrogen) atoms. The maximum Gasteiger partial charge on any atom is 0.164 e. The first kappa shape index (κ1) is 38.1. The van der Waals surface area contributed by atoms with Crippen LogP contribution in [0.5, 0.6) is 0 Å². The summed E-state index contributed by atoms with van der Waals surface area (Å²) in [6, 6.07) is 82.0. The van der Waals surface area contributed by atoms with E-state index in [0.717, 1.165) is 88.4 Å². The van der Waals surface area contributed by atoms with Crippen molar-refractivity contribution in [1.29, 1.82) is 0 Å². The van der Waals surface area contributed by atoms with Crippen molar-refractivity contribution in [3.05, 3.63) is 231 Å². The largest absolute Gasteiger partial charge is 0.456 e. The minimum absolute atomic E-state index is 0.577. The monoisotopic (exact) mass is 866 g/mol. The lowest BCUT2D eigenvalue weighted by Crippen LogP contribution is -2.04. The van der Waals surface area contributed by atoms with Gasteiger partial charge in [-0.05, 0) is 92.2 Å². The van der Waals surface area contributed by atoms with E-state index in [-0.39, 0.29) is 0 Å². The van der Waals surface area contributed by atoms with Gasteiger partial charge in [0.15, 0.2) is 17.5 Å². The minimum Gasteiger partial charge on any atom is -0.456 e. The third-order valence-corrected chi connectivity index (χ3v) is 13.6. The predicted molar refractivity (Wildman–Crippen MR) is 281 cm³/mol. The summed E-state index contributed by atoms with van der Waals surface area (Å²) in [6.45, 7) is 0. The van der Waals surface area contributed by atoms with Gasteiger partial charge in [0, 0.05) is 49.2 Å². The summed E-state index contributed by atoms with van der Waals surface area (Å²) < 4.78 is 8.90. The first-order valence-corrected chi connectivity index (χ1v) is 23.0. The second-order valence-corrected chi connectivity index (χ2v) is 17.5. The predicted octanol–water partition coefficient (Wildman–Crippen LogP) is 16.7. The molecule has 0 saturated carbocycles. The van der Waals surface area contributed by atoms with Gasteiger partial charge in [0.25, 0.3) is 0 Å². The van der Waals surface area contributed by atoms with Crippen molar-refractivity contribution in [1.82, 2.24) is 19.5 Å². The van der Waals surface area contributed by atoms with Crippen LogP contribution in [0.4, 0.5) is 0 Å². The van der Waals surface area contributed by atoms with Crippen LogP contribution in [0, 0.1) is 0 Å². The molecule has 0 radical (unpaired) electrons. The molecule has 14 aromatic rings. The quantitative estimate of drug-likeness (QED) is 0.167. The van der Waals surface area contributed by atoms with Gasteiger partial charge in [0.2, 0.25) is 0 Å². The third-order valence-electron chi connectivity index (χ3n) is 13.6. The lowest BCUT2D eigenvalue weighted by Gasteiger charge is -2.21. The Balaban J connectivity index is 1.12. The SMILES string of the molecule is c1ccc(-c2cccc(-c3cc(-c4nc(-c5ccccc5)nc(-c5cccc6oc7ccccc7c56)n4)c4ccccc4c3-n3c4cc5ccccc5cc4c4cc5ccccc5cc43)c2)cc1. The molecule has 0 aliphatic carbocycles. The van der Waals surface area contributed by atoms with Gasteiger partial charge in [-0.25, -0.2) is 15.0 Å². The molecule has 11 aromatic carbocycles. The van der Waals surface area contributed by atoms with E-state index in [2.05, 4.69) is 187 Å². The molecular weight excluding hydrogens is 829 g/mol. The van der Waals surface area contributed by atoms with Crippen LogP contribution in [0.25, 0.3) is 138 Å². The summed E-state index contributed by atoms with van der Waals surface area (Å²) in [5.74, 6) is 1.76. The van der Waals surface area contributed by atoms with Gasteiger partial charge in [-0.15, -0.1) is 0 Å². The highest BCUT2D eigenvalue weighted by atomic mass is 16.3. The molecule has 0 amide bonds. The Hall–Kier alpha value is -9.19. The van der Waals surface area contributed by atoms with Crippen molar-refractivity contribution < 1.29 is 4.42 Å². The number of para-hydroxylation sites is 1. The maximum atomic E-state index is 6.39. The van der Waals surface area contributed by atoms with Crippen LogP contribution in [0.2, 0.25) is 0 Å². The first-order valence-electron chi connectivity index (χ1n) is 23.0. The van der Waals surface area contributed by atoms with Gasteiger partial charge in [0.05, 0.1) is 16.7 Å². The van der Waals surface area contributed by atoms with E-state index in [9.17, 15) is 0 Å². The van der Waals surface area contributed by atoms with Crippen molar-refractivity contribution >= 4 is 76.1 Å². The normalized spacial score (nSPS) is 11.8. The highest BCUT2D eigenvalue weighted by Crippen LogP contribution is 2.46. The molecule has 5 heteroatoms. The third kappa shape index (κ3) is 6.06. The van der Waals surface area contributed by atoms with E-state index in [1.165, 1.54) is 32.3 Å². The average Bonchev–Trinajstić information content (AvgIpc) is 3.94. The Labute approximate surface area is 390 Å². The molecule has 3 heterocycles. The summed E-state index contributed by atoms with van der Waals surface area (Å²) in [7, 11) is 0. The fourth-order valence-corrected chi connectivity index (χ4v) is 10.4. The Morgan fingerprint density at radius 1 is 0.294 bits per heavy atom. The molecule has 3 aromatic heterocycles. The number of fused-ring (bicyclic) bond motifs is 9. The number of rotatable bonds is 6. The van der Waals surface area contributed by atoms with Gasteiger partial charge in [0.1, 0.15) is 11.2 Å². The number of aromatic nitrogens is 4. The number of benzene rings is 11. The zero-order valence-electron chi connectivity index (χ0n) is 36.6. The van der Waals surface area contributed by atoms with Crippen LogP contribution in [0.1, 0.15) is 0 Å². The topological polar surface area (TPSA) is 56.7 Å². The Morgan fingerprint density at radius 2 is 0.794 bits per heavy atom. The lowest BCUT2D eigenvalue weighted by atomic mass is 9.91. The second-order valence-electron chi connectivity index (χ2n) is 17.5. The van der Waals surface area contributed by atoms with E-state index in [0.29, 0.717) is 17.5 Å². The Kier molecular flexibility index (Phi) is 8.52. The highest BCUT2D eigenvalue weighted by Gasteiger charge is 2.25. The maximum absolute atomic E-state index is 6.39. The molecule has 0 bridgehead atoms. The minimum atomic E-state index is 0.577. The molecule has 0 fully saturated rings. The lowest BCUT2D eigenvalue weighted by molar-refractivity contribution is 0.669. The molecule has 0 spiro atoms. The van der Waals surface area contributed by atoms with E-state index < -0.39 is 0 Å².